The number of hydrogen-bond donors (Lipinski definition) is 1. The fourth-order valence-electron chi connectivity index (χ4n) is 2.20. The summed E-state index contributed by atoms with van der Waals surface area (Å²) in [5.41, 5.74) is 3.63. The number of aryl methyl sites for hydroxylation is 1. The van der Waals surface area contributed by atoms with Gasteiger partial charge in [-0.2, -0.15) is 13.2 Å². The molecular weight excluding hydrogens is 275 g/mol. The van der Waals surface area contributed by atoms with Crippen LogP contribution in [0, 0.1) is 13.8 Å². The molecule has 0 bridgehead atoms. The topological polar surface area (TPSA) is 12.0 Å². The lowest BCUT2D eigenvalue weighted by Crippen LogP contribution is -2.14. The highest BCUT2D eigenvalue weighted by Crippen LogP contribution is 2.29. The highest BCUT2D eigenvalue weighted by molar-refractivity contribution is 5.33. The van der Waals surface area contributed by atoms with E-state index in [9.17, 15) is 13.2 Å². The number of halogens is 3. The summed E-state index contributed by atoms with van der Waals surface area (Å²) in [4.78, 5) is 0. The Balaban J connectivity index is 1.99. The molecule has 0 fully saturated rings. The van der Waals surface area contributed by atoms with Crippen molar-refractivity contribution in [3.8, 4) is 0 Å². The van der Waals surface area contributed by atoms with Gasteiger partial charge in [-0.1, -0.05) is 36.4 Å². The Hall–Kier alpha value is -1.81. The van der Waals surface area contributed by atoms with E-state index in [-0.39, 0.29) is 0 Å². The number of hydrogen-bond acceptors (Lipinski definition) is 1. The molecule has 0 amide bonds. The molecule has 1 nitrogen and oxygen atoms in total. The van der Waals surface area contributed by atoms with Crippen molar-refractivity contribution in [2.75, 3.05) is 0 Å². The predicted molar refractivity (Wildman–Crippen MR) is 77.9 cm³/mol. The summed E-state index contributed by atoms with van der Waals surface area (Å²) < 4.78 is 37.9. The number of benzene rings is 2. The van der Waals surface area contributed by atoms with Gasteiger partial charge in [0.05, 0.1) is 5.56 Å². The van der Waals surface area contributed by atoms with Crippen LogP contribution < -0.4 is 5.32 Å². The Morgan fingerprint density at radius 3 is 2.38 bits per heavy atom. The Labute approximate surface area is 122 Å². The van der Waals surface area contributed by atoms with Crippen molar-refractivity contribution in [3.63, 3.8) is 0 Å². The Morgan fingerprint density at radius 1 is 0.952 bits per heavy atom. The lowest BCUT2D eigenvalue weighted by Gasteiger charge is -2.11. The molecule has 2 rings (SSSR count). The Morgan fingerprint density at radius 2 is 1.67 bits per heavy atom. The van der Waals surface area contributed by atoms with Crippen molar-refractivity contribution in [3.05, 3.63) is 70.3 Å². The van der Waals surface area contributed by atoms with Crippen LogP contribution in [0.25, 0.3) is 0 Å². The summed E-state index contributed by atoms with van der Waals surface area (Å²) in [6, 6.07) is 11.5. The fraction of sp³-hybridized carbons (Fsp3) is 0.294. The largest absolute Gasteiger partial charge is 0.416 e. The number of alkyl halides is 3. The molecule has 0 radical (unpaired) electrons. The minimum atomic E-state index is -4.29. The predicted octanol–water partition coefficient (Wildman–Crippen LogP) is 4.61. The van der Waals surface area contributed by atoms with E-state index < -0.39 is 11.7 Å². The molecule has 2 aromatic rings. The summed E-state index contributed by atoms with van der Waals surface area (Å²) in [6.45, 7) is 5.16. The molecule has 0 aliphatic rings. The van der Waals surface area contributed by atoms with Crippen molar-refractivity contribution in [2.45, 2.75) is 33.1 Å². The van der Waals surface area contributed by atoms with Gasteiger partial charge in [-0.05, 0) is 42.2 Å². The maximum Gasteiger partial charge on any atom is 0.416 e. The van der Waals surface area contributed by atoms with Gasteiger partial charge in [0.1, 0.15) is 0 Å². The van der Waals surface area contributed by atoms with E-state index in [0.29, 0.717) is 18.7 Å². The Kier molecular flexibility index (Phi) is 4.68. The lowest BCUT2D eigenvalue weighted by molar-refractivity contribution is -0.137. The second-order valence-electron chi connectivity index (χ2n) is 5.16. The van der Waals surface area contributed by atoms with Crippen molar-refractivity contribution in [1.82, 2.24) is 5.32 Å². The van der Waals surface area contributed by atoms with Crippen LogP contribution in [0.1, 0.15) is 27.8 Å². The van der Waals surface area contributed by atoms with E-state index in [1.54, 1.807) is 6.07 Å². The van der Waals surface area contributed by atoms with Crippen LogP contribution in [0.3, 0.4) is 0 Å². The minimum absolute atomic E-state index is 0.414. The number of rotatable bonds is 4. The molecule has 4 heteroatoms. The first-order valence-electron chi connectivity index (χ1n) is 6.80. The van der Waals surface area contributed by atoms with Gasteiger partial charge in [0.15, 0.2) is 0 Å². The van der Waals surface area contributed by atoms with Crippen molar-refractivity contribution < 1.29 is 13.2 Å². The Bertz CT molecular complexity index is 618. The zero-order valence-corrected chi connectivity index (χ0v) is 12.1. The van der Waals surface area contributed by atoms with Crippen molar-refractivity contribution >= 4 is 0 Å². The third kappa shape index (κ3) is 4.08. The summed E-state index contributed by atoms with van der Waals surface area (Å²) in [5, 5.41) is 3.20. The first-order chi connectivity index (χ1) is 9.88. The summed E-state index contributed by atoms with van der Waals surface area (Å²) in [5.74, 6) is 0. The van der Waals surface area contributed by atoms with E-state index >= 15 is 0 Å². The molecule has 0 saturated carbocycles. The van der Waals surface area contributed by atoms with Crippen LogP contribution in [-0.2, 0) is 19.3 Å². The first kappa shape index (κ1) is 15.6. The van der Waals surface area contributed by atoms with E-state index in [0.717, 1.165) is 6.07 Å². The van der Waals surface area contributed by atoms with Crippen LogP contribution >= 0.6 is 0 Å². The van der Waals surface area contributed by atoms with Gasteiger partial charge < -0.3 is 5.32 Å². The van der Waals surface area contributed by atoms with E-state index in [1.807, 2.05) is 25.1 Å². The SMILES string of the molecule is Cc1cccc(CNCc2cccc(C(F)(F)F)c2)c1C. The van der Waals surface area contributed by atoms with Gasteiger partial charge in [-0.3, -0.25) is 0 Å². The molecular formula is C17H18F3N. The third-order valence-corrected chi connectivity index (χ3v) is 3.62. The molecule has 112 valence electrons. The molecule has 2 aromatic carbocycles. The normalized spacial score (nSPS) is 11.7. The van der Waals surface area contributed by atoms with Gasteiger partial charge in [0.2, 0.25) is 0 Å². The summed E-state index contributed by atoms with van der Waals surface area (Å²) in [6.07, 6.45) is -4.29. The molecule has 21 heavy (non-hydrogen) atoms. The van der Waals surface area contributed by atoms with Gasteiger partial charge in [0.25, 0.3) is 0 Å². The average molecular weight is 293 g/mol. The molecule has 1 N–H and O–H groups in total. The van der Waals surface area contributed by atoms with Crippen LogP contribution in [0.5, 0.6) is 0 Å². The van der Waals surface area contributed by atoms with E-state index in [2.05, 4.69) is 12.2 Å². The van der Waals surface area contributed by atoms with Gasteiger partial charge in [-0.15, -0.1) is 0 Å². The maximum absolute atomic E-state index is 12.6. The quantitative estimate of drug-likeness (QED) is 0.868. The van der Waals surface area contributed by atoms with Crippen molar-refractivity contribution in [2.24, 2.45) is 0 Å². The average Bonchev–Trinajstić information content (AvgIpc) is 2.43. The molecule has 0 spiro atoms. The molecule has 0 heterocycles. The second kappa shape index (κ2) is 6.31. The first-order valence-corrected chi connectivity index (χ1v) is 6.80. The third-order valence-electron chi connectivity index (χ3n) is 3.62. The fourth-order valence-corrected chi connectivity index (χ4v) is 2.20. The van der Waals surface area contributed by atoms with E-state index in [1.165, 1.54) is 28.8 Å². The minimum Gasteiger partial charge on any atom is -0.309 e. The molecule has 0 saturated heterocycles. The highest BCUT2D eigenvalue weighted by Gasteiger charge is 2.30. The second-order valence-corrected chi connectivity index (χ2v) is 5.16. The zero-order valence-electron chi connectivity index (χ0n) is 12.1. The van der Waals surface area contributed by atoms with Gasteiger partial charge in [0, 0.05) is 13.1 Å². The van der Waals surface area contributed by atoms with Crippen LogP contribution in [0.15, 0.2) is 42.5 Å². The maximum atomic E-state index is 12.6. The van der Waals surface area contributed by atoms with Gasteiger partial charge in [-0.25, -0.2) is 0 Å². The van der Waals surface area contributed by atoms with E-state index in [4.69, 9.17) is 0 Å². The number of nitrogens with one attached hydrogen (secondary N) is 1. The molecule has 0 unspecified atom stereocenters. The highest BCUT2D eigenvalue weighted by atomic mass is 19.4. The molecule has 0 aromatic heterocycles. The lowest BCUT2D eigenvalue weighted by atomic mass is 10.0. The van der Waals surface area contributed by atoms with Crippen LogP contribution in [0.4, 0.5) is 13.2 Å². The summed E-state index contributed by atoms with van der Waals surface area (Å²) >= 11 is 0. The van der Waals surface area contributed by atoms with Crippen LogP contribution in [-0.4, -0.2) is 0 Å². The van der Waals surface area contributed by atoms with Crippen LogP contribution in [0.2, 0.25) is 0 Å². The van der Waals surface area contributed by atoms with Gasteiger partial charge >= 0.3 is 6.18 Å². The molecule has 0 aliphatic heterocycles. The molecule has 0 atom stereocenters. The smallest absolute Gasteiger partial charge is 0.309 e. The standard InChI is InChI=1S/C17H18F3N/c1-12-5-3-7-15(13(12)2)11-21-10-14-6-4-8-16(9-14)17(18,19)20/h3-9,21H,10-11H2,1-2H3. The molecule has 0 aliphatic carbocycles. The monoisotopic (exact) mass is 293 g/mol. The summed E-state index contributed by atoms with van der Waals surface area (Å²) in [7, 11) is 0. The zero-order chi connectivity index (χ0) is 15.5. The van der Waals surface area contributed by atoms with Crippen molar-refractivity contribution in [1.29, 1.82) is 0 Å².